The van der Waals surface area contributed by atoms with Crippen LogP contribution in [0.1, 0.15) is 18.9 Å². The number of hydrogen-bond acceptors (Lipinski definition) is 3. The summed E-state index contributed by atoms with van der Waals surface area (Å²) in [6.45, 7) is 2.22. The zero-order valence-corrected chi connectivity index (χ0v) is 12.6. The van der Waals surface area contributed by atoms with Gasteiger partial charge < -0.3 is 15.3 Å². The molecule has 0 unspecified atom stereocenters. The molecule has 1 aromatic rings. The van der Waals surface area contributed by atoms with Crippen LogP contribution in [0.4, 0.5) is 4.39 Å². The minimum Gasteiger partial charge on any atom is -0.393 e. The molecule has 2 atom stereocenters. The summed E-state index contributed by atoms with van der Waals surface area (Å²) < 4.78 is 13.2. The number of nitrogens with zero attached hydrogens (tertiary/aromatic N) is 1. The first-order valence-corrected chi connectivity index (χ1v) is 7.40. The number of carbonyl (C=O) groups excluding carboxylic acids is 2. The van der Waals surface area contributed by atoms with Crippen molar-refractivity contribution in [2.45, 2.75) is 25.9 Å². The number of aliphatic hydroxyl groups is 1. The lowest BCUT2D eigenvalue weighted by atomic mass is 9.88. The number of rotatable bonds is 4. The third-order valence-corrected chi connectivity index (χ3v) is 3.92. The fourth-order valence-corrected chi connectivity index (χ4v) is 2.73. The molecule has 6 heteroatoms. The van der Waals surface area contributed by atoms with Gasteiger partial charge >= 0.3 is 0 Å². The summed E-state index contributed by atoms with van der Waals surface area (Å²) in [5.41, 5.74) is 0.806. The van der Waals surface area contributed by atoms with E-state index < -0.39 is 6.10 Å². The second kappa shape index (κ2) is 7.35. The number of amides is 2. The molecule has 1 fully saturated rings. The molecule has 0 aliphatic carbocycles. The Morgan fingerprint density at radius 3 is 2.91 bits per heavy atom. The lowest BCUT2D eigenvalue weighted by molar-refractivity contribution is -0.135. The standard InChI is InChI=1S/C16H21FN2O3/c1-11(20)18-9-16(22)19-6-5-15(21)13(10-19)7-12-3-2-4-14(17)8-12/h2-4,8,13,15,21H,5-7,9-10H2,1H3,(H,18,20)/t13-,15-/m1/s1. The maximum atomic E-state index is 13.2. The van der Waals surface area contributed by atoms with Gasteiger partial charge in [-0.25, -0.2) is 4.39 Å². The van der Waals surface area contributed by atoms with E-state index in [4.69, 9.17) is 0 Å². The first-order chi connectivity index (χ1) is 10.5. The maximum absolute atomic E-state index is 13.2. The maximum Gasteiger partial charge on any atom is 0.241 e. The minimum atomic E-state index is -0.506. The minimum absolute atomic E-state index is 0.0296. The third kappa shape index (κ3) is 4.53. The van der Waals surface area contributed by atoms with Gasteiger partial charge in [0, 0.05) is 25.9 Å². The fraction of sp³-hybridized carbons (Fsp3) is 0.500. The Balaban J connectivity index is 1.96. The molecule has 2 amide bonds. The summed E-state index contributed by atoms with van der Waals surface area (Å²) in [5.74, 6) is -0.841. The molecule has 5 nitrogen and oxygen atoms in total. The lowest BCUT2D eigenvalue weighted by Gasteiger charge is -2.36. The van der Waals surface area contributed by atoms with Crippen LogP contribution in [0.5, 0.6) is 0 Å². The van der Waals surface area contributed by atoms with Crippen LogP contribution in [0, 0.1) is 11.7 Å². The van der Waals surface area contributed by atoms with Crippen molar-refractivity contribution in [2.24, 2.45) is 5.92 Å². The molecule has 0 aromatic heterocycles. The first-order valence-electron chi connectivity index (χ1n) is 7.40. The molecule has 0 radical (unpaired) electrons. The number of halogens is 1. The number of nitrogens with one attached hydrogen (secondary N) is 1. The number of aliphatic hydroxyl groups excluding tert-OH is 1. The average Bonchev–Trinajstić information content (AvgIpc) is 2.47. The Labute approximate surface area is 129 Å². The van der Waals surface area contributed by atoms with Crippen molar-refractivity contribution in [3.63, 3.8) is 0 Å². The van der Waals surface area contributed by atoms with Crippen molar-refractivity contribution in [3.8, 4) is 0 Å². The van der Waals surface area contributed by atoms with Gasteiger partial charge in [0.05, 0.1) is 12.6 Å². The van der Waals surface area contributed by atoms with E-state index in [1.807, 2.05) is 6.07 Å². The van der Waals surface area contributed by atoms with E-state index in [2.05, 4.69) is 5.32 Å². The van der Waals surface area contributed by atoms with Crippen LogP contribution >= 0.6 is 0 Å². The van der Waals surface area contributed by atoms with Crippen molar-refractivity contribution >= 4 is 11.8 Å². The molecule has 1 aliphatic heterocycles. The van der Waals surface area contributed by atoms with Crippen molar-refractivity contribution in [2.75, 3.05) is 19.6 Å². The van der Waals surface area contributed by atoms with Gasteiger partial charge in [-0.3, -0.25) is 9.59 Å². The topological polar surface area (TPSA) is 69.6 Å². The number of carbonyl (C=O) groups is 2. The fourth-order valence-electron chi connectivity index (χ4n) is 2.73. The molecule has 0 bridgehead atoms. The molecule has 1 aromatic carbocycles. The van der Waals surface area contributed by atoms with Crippen LogP contribution in [0.2, 0.25) is 0 Å². The highest BCUT2D eigenvalue weighted by atomic mass is 19.1. The number of hydrogen-bond donors (Lipinski definition) is 2. The zero-order chi connectivity index (χ0) is 16.1. The lowest BCUT2D eigenvalue weighted by Crippen LogP contribution is -2.49. The van der Waals surface area contributed by atoms with E-state index in [0.717, 1.165) is 5.56 Å². The predicted molar refractivity (Wildman–Crippen MR) is 79.5 cm³/mol. The smallest absolute Gasteiger partial charge is 0.241 e. The second-order valence-corrected chi connectivity index (χ2v) is 5.70. The Bertz CT molecular complexity index is 550. The molecule has 1 saturated heterocycles. The molecule has 1 heterocycles. The summed E-state index contributed by atoms with van der Waals surface area (Å²) in [7, 11) is 0. The molecule has 1 aliphatic rings. The van der Waals surface area contributed by atoms with Crippen molar-refractivity contribution in [1.82, 2.24) is 10.2 Å². The van der Waals surface area contributed by atoms with Gasteiger partial charge in [0.25, 0.3) is 0 Å². The molecule has 0 saturated carbocycles. The van der Waals surface area contributed by atoms with Crippen LogP contribution in [0.25, 0.3) is 0 Å². The van der Waals surface area contributed by atoms with Crippen LogP contribution in [-0.2, 0) is 16.0 Å². The normalized spacial score (nSPS) is 21.5. The summed E-state index contributed by atoms with van der Waals surface area (Å²) in [6.07, 6.45) is 0.502. The highest BCUT2D eigenvalue weighted by Crippen LogP contribution is 2.22. The van der Waals surface area contributed by atoms with Gasteiger partial charge in [-0.15, -0.1) is 0 Å². The van der Waals surface area contributed by atoms with Gasteiger partial charge in [0.15, 0.2) is 0 Å². The van der Waals surface area contributed by atoms with Crippen LogP contribution in [0.3, 0.4) is 0 Å². The van der Waals surface area contributed by atoms with E-state index in [1.54, 1.807) is 11.0 Å². The van der Waals surface area contributed by atoms with Crippen molar-refractivity contribution < 1.29 is 19.1 Å². The van der Waals surface area contributed by atoms with Gasteiger partial charge in [0.2, 0.25) is 11.8 Å². The molecule has 120 valence electrons. The van der Waals surface area contributed by atoms with Gasteiger partial charge in [0.1, 0.15) is 5.82 Å². The van der Waals surface area contributed by atoms with E-state index >= 15 is 0 Å². The summed E-state index contributed by atoms with van der Waals surface area (Å²) in [4.78, 5) is 24.5. The van der Waals surface area contributed by atoms with Gasteiger partial charge in [-0.2, -0.15) is 0 Å². The number of piperidine rings is 1. The Morgan fingerprint density at radius 2 is 2.23 bits per heavy atom. The van der Waals surface area contributed by atoms with Gasteiger partial charge in [-0.05, 0) is 30.5 Å². The predicted octanol–water partition coefficient (Wildman–Crippen LogP) is 0.714. The number of likely N-dealkylation sites (tertiary alicyclic amines) is 1. The van der Waals surface area contributed by atoms with Gasteiger partial charge in [-0.1, -0.05) is 12.1 Å². The van der Waals surface area contributed by atoms with Crippen molar-refractivity contribution in [3.05, 3.63) is 35.6 Å². The third-order valence-electron chi connectivity index (χ3n) is 3.92. The SMILES string of the molecule is CC(=O)NCC(=O)N1CC[C@@H](O)[C@H](Cc2cccc(F)c2)C1. The first kappa shape index (κ1) is 16.4. The summed E-state index contributed by atoms with van der Waals surface area (Å²) in [5, 5.41) is 12.6. The zero-order valence-electron chi connectivity index (χ0n) is 12.6. The molecule has 0 spiro atoms. The number of benzene rings is 1. The Morgan fingerprint density at radius 1 is 1.45 bits per heavy atom. The van der Waals surface area contributed by atoms with Crippen LogP contribution < -0.4 is 5.32 Å². The molecule has 22 heavy (non-hydrogen) atoms. The highest BCUT2D eigenvalue weighted by molar-refractivity contribution is 5.83. The molecular formula is C16H21FN2O3. The quantitative estimate of drug-likeness (QED) is 0.861. The van der Waals surface area contributed by atoms with E-state index in [9.17, 15) is 19.1 Å². The summed E-state index contributed by atoms with van der Waals surface area (Å²) in [6, 6.07) is 6.28. The average molecular weight is 308 g/mol. The Kier molecular flexibility index (Phi) is 5.49. The van der Waals surface area contributed by atoms with Crippen LogP contribution in [0.15, 0.2) is 24.3 Å². The molecular weight excluding hydrogens is 287 g/mol. The van der Waals surface area contributed by atoms with E-state index in [0.29, 0.717) is 25.9 Å². The largest absolute Gasteiger partial charge is 0.393 e. The van der Waals surface area contributed by atoms with Crippen LogP contribution in [-0.4, -0.2) is 47.6 Å². The summed E-state index contributed by atoms with van der Waals surface area (Å²) >= 11 is 0. The molecule has 2 N–H and O–H groups in total. The molecule has 2 rings (SSSR count). The van der Waals surface area contributed by atoms with Crippen molar-refractivity contribution in [1.29, 1.82) is 0 Å². The van der Waals surface area contributed by atoms with E-state index in [1.165, 1.54) is 19.1 Å². The monoisotopic (exact) mass is 308 g/mol. The van der Waals surface area contributed by atoms with E-state index in [-0.39, 0.29) is 30.1 Å². The Hall–Kier alpha value is -1.95. The second-order valence-electron chi connectivity index (χ2n) is 5.70. The highest BCUT2D eigenvalue weighted by Gasteiger charge is 2.30.